The monoisotopic (exact) mass is 390 g/mol. The lowest BCUT2D eigenvalue weighted by Crippen LogP contribution is -2.15. The van der Waals surface area contributed by atoms with E-state index in [0.717, 1.165) is 19.3 Å². The number of rotatable bonds is 11. The number of sulfonamides is 1. The lowest BCUT2D eigenvalue weighted by molar-refractivity contribution is -0.116. The molecule has 2 N–H and O–H groups in total. The highest BCUT2D eigenvalue weighted by atomic mass is 32.2. The van der Waals surface area contributed by atoms with Gasteiger partial charge in [-0.2, -0.15) is 0 Å². The van der Waals surface area contributed by atoms with Crippen molar-refractivity contribution in [3.8, 4) is 0 Å². The van der Waals surface area contributed by atoms with Gasteiger partial charge >= 0.3 is 0 Å². The average Bonchev–Trinajstić information content (AvgIpc) is 2.65. The largest absolute Gasteiger partial charge is 0.326 e. The first-order valence-corrected chi connectivity index (χ1v) is 10.7. The van der Waals surface area contributed by atoms with Crippen molar-refractivity contribution >= 4 is 27.6 Å². The fraction of sp³-hybridized carbons (Fsp3) is 0.421. The van der Waals surface area contributed by atoms with Gasteiger partial charge in [0, 0.05) is 24.5 Å². The van der Waals surface area contributed by atoms with Crippen LogP contribution in [0.5, 0.6) is 0 Å². The molecule has 0 aliphatic heterocycles. The van der Waals surface area contributed by atoms with Crippen molar-refractivity contribution in [3.05, 3.63) is 42.7 Å². The van der Waals surface area contributed by atoms with Crippen molar-refractivity contribution in [2.24, 2.45) is 0 Å². The van der Waals surface area contributed by atoms with E-state index in [9.17, 15) is 13.2 Å². The highest BCUT2D eigenvalue weighted by Crippen LogP contribution is 2.17. The molecule has 146 valence electrons. The smallest absolute Gasteiger partial charge is 0.264 e. The minimum atomic E-state index is -3.77. The second-order valence-electron chi connectivity index (χ2n) is 6.27. The van der Waals surface area contributed by atoms with Crippen LogP contribution in [0.3, 0.4) is 0 Å². The fourth-order valence-corrected chi connectivity index (χ4v) is 3.50. The molecule has 8 heteroatoms. The van der Waals surface area contributed by atoms with Crippen molar-refractivity contribution in [2.75, 3.05) is 10.0 Å². The molecule has 0 fully saturated rings. The first kappa shape index (κ1) is 20.8. The minimum Gasteiger partial charge on any atom is -0.326 e. The van der Waals surface area contributed by atoms with Crippen molar-refractivity contribution in [1.82, 2.24) is 9.97 Å². The number of anilines is 2. The number of hydrogen-bond acceptors (Lipinski definition) is 5. The summed E-state index contributed by atoms with van der Waals surface area (Å²) >= 11 is 0. The van der Waals surface area contributed by atoms with E-state index in [4.69, 9.17) is 0 Å². The molecule has 0 saturated heterocycles. The van der Waals surface area contributed by atoms with Crippen molar-refractivity contribution in [2.45, 2.75) is 56.8 Å². The minimum absolute atomic E-state index is 0.00816. The second-order valence-corrected chi connectivity index (χ2v) is 7.95. The van der Waals surface area contributed by atoms with E-state index in [1.54, 1.807) is 18.2 Å². The molecule has 27 heavy (non-hydrogen) atoms. The lowest BCUT2D eigenvalue weighted by Gasteiger charge is -2.08. The Morgan fingerprint density at radius 1 is 0.963 bits per heavy atom. The zero-order valence-corrected chi connectivity index (χ0v) is 16.3. The van der Waals surface area contributed by atoms with Gasteiger partial charge in [0.2, 0.25) is 11.9 Å². The van der Waals surface area contributed by atoms with E-state index in [-0.39, 0.29) is 16.8 Å². The molecule has 1 amide bonds. The van der Waals surface area contributed by atoms with Gasteiger partial charge in [-0.1, -0.05) is 39.0 Å². The number of aromatic nitrogens is 2. The van der Waals surface area contributed by atoms with Crippen LogP contribution in [0.25, 0.3) is 0 Å². The molecule has 0 saturated carbocycles. The number of carbonyl (C=O) groups is 1. The second kappa shape index (κ2) is 10.6. The third-order valence-electron chi connectivity index (χ3n) is 4.00. The number of hydrogen-bond donors (Lipinski definition) is 2. The molecule has 2 aromatic rings. The Morgan fingerprint density at radius 2 is 1.59 bits per heavy atom. The van der Waals surface area contributed by atoms with Gasteiger partial charge in [-0.05, 0) is 36.8 Å². The standard InChI is InChI=1S/C19H26N4O3S/c1-2-3-4-5-6-7-9-18(24)22-16-10-12-17(13-11-16)27(25,26)23-19-20-14-8-15-21-19/h8,10-15H,2-7,9H2,1H3,(H,22,24)(H,20,21,23). The quantitative estimate of drug-likeness (QED) is 0.565. The Hall–Kier alpha value is -2.48. The van der Waals surface area contributed by atoms with E-state index in [1.807, 2.05) is 0 Å². The first-order chi connectivity index (χ1) is 13.0. The number of nitrogens with one attached hydrogen (secondary N) is 2. The maximum absolute atomic E-state index is 12.3. The Bertz CT molecular complexity index is 809. The summed E-state index contributed by atoms with van der Waals surface area (Å²) < 4.78 is 26.9. The summed E-state index contributed by atoms with van der Waals surface area (Å²) in [5.41, 5.74) is 0.570. The number of nitrogens with zero attached hydrogens (tertiary/aromatic N) is 2. The molecule has 1 aromatic heterocycles. The Morgan fingerprint density at radius 3 is 2.26 bits per heavy atom. The van der Waals surface area contributed by atoms with E-state index >= 15 is 0 Å². The summed E-state index contributed by atoms with van der Waals surface area (Å²) in [6.45, 7) is 2.18. The van der Waals surface area contributed by atoms with Crippen LogP contribution in [-0.2, 0) is 14.8 Å². The van der Waals surface area contributed by atoms with Gasteiger partial charge in [-0.3, -0.25) is 4.79 Å². The van der Waals surface area contributed by atoms with Gasteiger partial charge < -0.3 is 5.32 Å². The molecular weight excluding hydrogens is 364 g/mol. The van der Waals surface area contributed by atoms with E-state index in [2.05, 4.69) is 26.9 Å². The summed E-state index contributed by atoms with van der Waals surface area (Å²) in [6, 6.07) is 7.61. The van der Waals surface area contributed by atoms with Crippen LogP contribution in [0.15, 0.2) is 47.6 Å². The lowest BCUT2D eigenvalue weighted by atomic mass is 10.1. The SMILES string of the molecule is CCCCCCCCC(=O)Nc1ccc(S(=O)(=O)Nc2ncccn2)cc1. The van der Waals surface area contributed by atoms with Crippen LogP contribution in [0.1, 0.15) is 51.9 Å². The van der Waals surface area contributed by atoms with Crippen LogP contribution in [-0.4, -0.2) is 24.3 Å². The van der Waals surface area contributed by atoms with E-state index in [1.165, 1.54) is 43.8 Å². The van der Waals surface area contributed by atoms with E-state index in [0.29, 0.717) is 12.1 Å². The zero-order valence-electron chi connectivity index (χ0n) is 15.5. The summed E-state index contributed by atoms with van der Waals surface area (Å²) in [7, 11) is -3.77. The third-order valence-corrected chi connectivity index (χ3v) is 5.34. The number of carbonyl (C=O) groups excluding carboxylic acids is 1. The van der Waals surface area contributed by atoms with Gasteiger partial charge in [0.05, 0.1) is 4.90 Å². The molecule has 1 heterocycles. The topological polar surface area (TPSA) is 101 Å². The predicted molar refractivity (Wildman–Crippen MR) is 106 cm³/mol. The number of amides is 1. The summed E-state index contributed by atoms with van der Waals surface area (Å²) in [5.74, 6) is -0.0503. The molecule has 1 aromatic carbocycles. The number of unbranched alkanes of at least 4 members (excludes halogenated alkanes) is 5. The van der Waals surface area contributed by atoms with Gasteiger partial charge in [0.25, 0.3) is 10.0 Å². The Kier molecular flexibility index (Phi) is 8.19. The zero-order chi connectivity index (χ0) is 19.5. The molecular formula is C19H26N4O3S. The third kappa shape index (κ3) is 7.34. The summed E-state index contributed by atoms with van der Waals surface area (Å²) in [6.07, 6.45) is 10.1. The average molecular weight is 391 g/mol. The van der Waals surface area contributed by atoms with Crippen LogP contribution in [0.2, 0.25) is 0 Å². The van der Waals surface area contributed by atoms with Gasteiger partial charge in [-0.15, -0.1) is 0 Å². The van der Waals surface area contributed by atoms with Gasteiger partial charge in [-0.25, -0.2) is 23.1 Å². The van der Waals surface area contributed by atoms with Crippen molar-refractivity contribution in [3.63, 3.8) is 0 Å². The highest BCUT2D eigenvalue weighted by Gasteiger charge is 2.15. The Labute approximate surface area is 160 Å². The molecule has 0 radical (unpaired) electrons. The highest BCUT2D eigenvalue weighted by molar-refractivity contribution is 7.92. The number of benzene rings is 1. The molecule has 0 spiro atoms. The molecule has 2 rings (SSSR count). The Balaban J connectivity index is 1.83. The van der Waals surface area contributed by atoms with Gasteiger partial charge in [0.15, 0.2) is 0 Å². The van der Waals surface area contributed by atoms with Crippen LogP contribution < -0.4 is 10.0 Å². The molecule has 0 aliphatic carbocycles. The van der Waals surface area contributed by atoms with Crippen molar-refractivity contribution < 1.29 is 13.2 Å². The van der Waals surface area contributed by atoms with Crippen LogP contribution >= 0.6 is 0 Å². The molecule has 0 bridgehead atoms. The molecule has 0 unspecified atom stereocenters. The molecule has 0 aliphatic rings. The van der Waals surface area contributed by atoms with Crippen LogP contribution in [0, 0.1) is 0 Å². The maximum atomic E-state index is 12.3. The maximum Gasteiger partial charge on any atom is 0.264 e. The van der Waals surface area contributed by atoms with Crippen molar-refractivity contribution in [1.29, 1.82) is 0 Å². The normalized spacial score (nSPS) is 11.1. The first-order valence-electron chi connectivity index (χ1n) is 9.21. The fourth-order valence-electron chi connectivity index (χ4n) is 2.54. The summed E-state index contributed by atoms with van der Waals surface area (Å²) in [4.78, 5) is 19.7. The van der Waals surface area contributed by atoms with Crippen LogP contribution in [0.4, 0.5) is 11.6 Å². The van der Waals surface area contributed by atoms with E-state index < -0.39 is 10.0 Å². The molecule has 0 atom stereocenters. The summed E-state index contributed by atoms with van der Waals surface area (Å²) in [5, 5.41) is 2.79. The predicted octanol–water partition coefficient (Wildman–Crippen LogP) is 3.97. The van der Waals surface area contributed by atoms with Gasteiger partial charge in [0.1, 0.15) is 0 Å². The molecule has 7 nitrogen and oxygen atoms in total.